The lowest BCUT2D eigenvalue weighted by molar-refractivity contribution is 0.240. The molecule has 2 amide bonds. The molecule has 0 atom stereocenters. The molecule has 0 saturated heterocycles. The third-order valence-corrected chi connectivity index (χ3v) is 2.95. The molecule has 1 heterocycles. The molecule has 2 rings (SSSR count). The van der Waals surface area contributed by atoms with Crippen LogP contribution in [-0.2, 0) is 13.0 Å². The predicted octanol–water partition coefficient (Wildman–Crippen LogP) is 0.308. The molecule has 0 aliphatic rings. The lowest BCUT2D eigenvalue weighted by Gasteiger charge is -2.12. The van der Waals surface area contributed by atoms with E-state index in [-0.39, 0.29) is 12.6 Å². The van der Waals surface area contributed by atoms with Gasteiger partial charge in [0.15, 0.2) is 5.82 Å². The molecule has 0 bridgehead atoms. The van der Waals surface area contributed by atoms with E-state index in [1.807, 2.05) is 19.0 Å². The van der Waals surface area contributed by atoms with Crippen molar-refractivity contribution < 1.29 is 4.79 Å². The van der Waals surface area contributed by atoms with Crippen LogP contribution in [0.1, 0.15) is 11.4 Å². The molecular formula is C13H19N7O. The quantitative estimate of drug-likeness (QED) is 0.710. The number of hydrogen-bond acceptors (Lipinski definition) is 5. The van der Waals surface area contributed by atoms with Gasteiger partial charge in [-0.2, -0.15) is 5.21 Å². The molecule has 2 aromatic rings. The monoisotopic (exact) mass is 289 g/mol. The molecule has 0 fully saturated rings. The van der Waals surface area contributed by atoms with Crippen molar-refractivity contribution in [1.82, 2.24) is 31.3 Å². The summed E-state index contributed by atoms with van der Waals surface area (Å²) in [6, 6.07) is 8.00. The Morgan fingerprint density at radius 2 is 2.00 bits per heavy atom. The Hall–Kier alpha value is -2.64. The van der Waals surface area contributed by atoms with Gasteiger partial charge in [0.2, 0.25) is 0 Å². The average molecular weight is 289 g/mol. The van der Waals surface area contributed by atoms with Crippen molar-refractivity contribution in [1.29, 1.82) is 0 Å². The van der Waals surface area contributed by atoms with Gasteiger partial charge in [-0.3, -0.25) is 0 Å². The van der Waals surface area contributed by atoms with Gasteiger partial charge in [-0.05, 0) is 24.1 Å². The van der Waals surface area contributed by atoms with E-state index in [0.717, 1.165) is 12.1 Å². The van der Waals surface area contributed by atoms with Crippen molar-refractivity contribution in [3.05, 3.63) is 35.7 Å². The first-order valence-electron chi connectivity index (χ1n) is 6.65. The first-order chi connectivity index (χ1) is 10.1. The van der Waals surface area contributed by atoms with Crippen LogP contribution in [0.4, 0.5) is 10.5 Å². The van der Waals surface area contributed by atoms with E-state index >= 15 is 0 Å². The van der Waals surface area contributed by atoms with Gasteiger partial charge in [-0.25, -0.2) is 4.79 Å². The highest BCUT2D eigenvalue weighted by molar-refractivity contribution is 5.73. The van der Waals surface area contributed by atoms with Crippen molar-refractivity contribution in [2.75, 3.05) is 25.5 Å². The number of hydrogen-bond donors (Lipinski definition) is 3. The molecule has 1 aromatic heterocycles. The standard InChI is InChI=1S/C13H19N7O/c1-20(2)11-5-3-10(4-6-11)7-8-14-13(21)15-9-12-16-18-19-17-12/h3-6H,7-9H2,1-2H3,(H2,14,15,21)(H,16,17,18,19). The van der Waals surface area contributed by atoms with E-state index in [4.69, 9.17) is 0 Å². The fraction of sp³-hybridized carbons (Fsp3) is 0.385. The van der Waals surface area contributed by atoms with Gasteiger partial charge < -0.3 is 15.5 Å². The fourth-order valence-electron chi connectivity index (χ4n) is 1.76. The molecule has 8 nitrogen and oxygen atoms in total. The summed E-state index contributed by atoms with van der Waals surface area (Å²) < 4.78 is 0. The summed E-state index contributed by atoms with van der Waals surface area (Å²) in [5.74, 6) is 0.449. The van der Waals surface area contributed by atoms with Gasteiger partial charge in [0, 0.05) is 26.3 Å². The second-order valence-corrected chi connectivity index (χ2v) is 4.75. The predicted molar refractivity (Wildman–Crippen MR) is 78.9 cm³/mol. The third-order valence-electron chi connectivity index (χ3n) is 2.95. The van der Waals surface area contributed by atoms with Crippen LogP contribution in [0, 0.1) is 0 Å². The minimum Gasteiger partial charge on any atom is -0.378 e. The first-order valence-corrected chi connectivity index (χ1v) is 6.65. The number of tetrazole rings is 1. The summed E-state index contributed by atoms with van der Waals surface area (Å²) in [5, 5.41) is 18.7. The molecule has 0 saturated carbocycles. The lowest BCUT2D eigenvalue weighted by atomic mass is 10.1. The fourth-order valence-corrected chi connectivity index (χ4v) is 1.76. The Labute approximate surface area is 122 Å². The second-order valence-electron chi connectivity index (χ2n) is 4.75. The Kier molecular flexibility index (Phi) is 5.08. The minimum atomic E-state index is -0.246. The first kappa shape index (κ1) is 14.8. The number of nitrogens with one attached hydrogen (secondary N) is 3. The zero-order chi connectivity index (χ0) is 15.1. The van der Waals surface area contributed by atoms with Gasteiger partial charge in [-0.1, -0.05) is 17.3 Å². The number of carbonyl (C=O) groups is 1. The summed E-state index contributed by atoms with van der Waals surface area (Å²) in [6.07, 6.45) is 0.781. The summed E-state index contributed by atoms with van der Waals surface area (Å²) in [4.78, 5) is 13.6. The maximum absolute atomic E-state index is 11.6. The van der Waals surface area contributed by atoms with Crippen LogP contribution < -0.4 is 15.5 Å². The second kappa shape index (κ2) is 7.22. The van der Waals surface area contributed by atoms with Crippen LogP contribution in [0.3, 0.4) is 0 Å². The maximum Gasteiger partial charge on any atom is 0.315 e. The number of aromatic nitrogens is 4. The van der Waals surface area contributed by atoms with Crippen LogP contribution in [0.2, 0.25) is 0 Å². The van der Waals surface area contributed by atoms with E-state index in [1.165, 1.54) is 5.56 Å². The van der Waals surface area contributed by atoms with Crippen molar-refractivity contribution in [2.45, 2.75) is 13.0 Å². The van der Waals surface area contributed by atoms with Crippen LogP contribution >= 0.6 is 0 Å². The molecule has 21 heavy (non-hydrogen) atoms. The summed E-state index contributed by atoms with van der Waals surface area (Å²) >= 11 is 0. The molecule has 1 aromatic carbocycles. The Morgan fingerprint density at radius 3 is 2.62 bits per heavy atom. The van der Waals surface area contributed by atoms with Gasteiger partial charge >= 0.3 is 6.03 Å². The molecule has 0 unspecified atom stereocenters. The van der Waals surface area contributed by atoms with E-state index in [9.17, 15) is 4.79 Å². The van der Waals surface area contributed by atoms with E-state index < -0.39 is 0 Å². The van der Waals surface area contributed by atoms with Crippen molar-refractivity contribution in [2.24, 2.45) is 0 Å². The zero-order valence-electron chi connectivity index (χ0n) is 12.1. The smallest absolute Gasteiger partial charge is 0.315 e. The number of anilines is 1. The molecule has 0 aliphatic heterocycles. The van der Waals surface area contributed by atoms with Crippen molar-refractivity contribution >= 4 is 11.7 Å². The van der Waals surface area contributed by atoms with Gasteiger partial charge in [0.05, 0.1) is 6.54 Å². The number of nitrogens with zero attached hydrogens (tertiary/aromatic N) is 4. The number of carbonyl (C=O) groups excluding carboxylic acids is 1. The molecule has 0 spiro atoms. The number of aromatic amines is 1. The van der Waals surface area contributed by atoms with Crippen LogP contribution in [0.25, 0.3) is 0 Å². The molecular weight excluding hydrogens is 270 g/mol. The van der Waals surface area contributed by atoms with E-state index in [0.29, 0.717) is 12.4 Å². The largest absolute Gasteiger partial charge is 0.378 e. The molecule has 0 aliphatic carbocycles. The Morgan fingerprint density at radius 1 is 1.24 bits per heavy atom. The van der Waals surface area contributed by atoms with Crippen LogP contribution in [0.5, 0.6) is 0 Å². The van der Waals surface area contributed by atoms with Crippen molar-refractivity contribution in [3.63, 3.8) is 0 Å². The van der Waals surface area contributed by atoms with E-state index in [1.54, 1.807) is 0 Å². The topological polar surface area (TPSA) is 98.8 Å². The normalized spacial score (nSPS) is 10.2. The summed E-state index contributed by atoms with van der Waals surface area (Å²) in [5.41, 5.74) is 2.34. The SMILES string of the molecule is CN(C)c1ccc(CCNC(=O)NCc2nn[nH]n2)cc1. The zero-order valence-corrected chi connectivity index (χ0v) is 12.1. The molecule has 0 radical (unpaired) electrons. The van der Waals surface area contributed by atoms with Gasteiger partial charge in [0.25, 0.3) is 0 Å². The molecule has 3 N–H and O–H groups in total. The molecule has 112 valence electrons. The Bertz CT molecular complexity index is 550. The number of urea groups is 1. The summed E-state index contributed by atoms with van der Waals surface area (Å²) in [6.45, 7) is 0.819. The van der Waals surface area contributed by atoms with Crippen molar-refractivity contribution in [3.8, 4) is 0 Å². The Balaban J connectivity index is 1.67. The molecule has 8 heteroatoms. The number of benzene rings is 1. The number of H-pyrrole nitrogens is 1. The number of amides is 2. The van der Waals surface area contributed by atoms with Crippen LogP contribution in [0.15, 0.2) is 24.3 Å². The summed E-state index contributed by atoms with van der Waals surface area (Å²) in [7, 11) is 4.01. The highest BCUT2D eigenvalue weighted by atomic mass is 16.2. The maximum atomic E-state index is 11.6. The lowest BCUT2D eigenvalue weighted by Crippen LogP contribution is -2.36. The van der Waals surface area contributed by atoms with Gasteiger partial charge in [0.1, 0.15) is 0 Å². The highest BCUT2D eigenvalue weighted by Gasteiger charge is 2.03. The van der Waals surface area contributed by atoms with Crippen LogP contribution in [-0.4, -0.2) is 47.3 Å². The average Bonchev–Trinajstić information content (AvgIpc) is 2.99. The minimum absolute atomic E-state index is 0.246. The van der Waals surface area contributed by atoms with Gasteiger partial charge in [-0.15, -0.1) is 10.2 Å². The van der Waals surface area contributed by atoms with E-state index in [2.05, 4.69) is 55.5 Å². The third kappa shape index (κ3) is 4.75. The number of rotatable bonds is 6. The highest BCUT2D eigenvalue weighted by Crippen LogP contribution is 2.12.